The molecule has 0 aliphatic carbocycles. The van der Waals surface area contributed by atoms with Gasteiger partial charge < -0.3 is 9.90 Å². The molecule has 0 aliphatic rings. The number of carbonyl (C=O) groups excluding carboxylic acids is 1. The van der Waals surface area contributed by atoms with Crippen LogP contribution in [0.2, 0.25) is 0 Å². The van der Waals surface area contributed by atoms with Crippen LogP contribution in [0.1, 0.15) is 76.7 Å². The summed E-state index contributed by atoms with van der Waals surface area (Å²) in [6.45, 7) is 7.23. The van der Waals surface area contributed by atoms with Gasteiger partial charge in [-0.3, -0.25) is 0 Å². The molecule has 0 amide bonds. The highest BCUT2D eigenvalue weighted by molar-refractivity contribution is 5.62. The van der Waals surface area contributed by atoms with Crippen molar-refractivity contribution < 1.29 is 14.5 Å². The predicted molar refractivity (Wildman–Crippen MR) is 86.4 cm³/mol. The zero-order chi connectivity index (χ0) is 16.4. The Morgan fingerprint density at radius 2 is 1.68 bits per heavy atom. The van der Waals surface area contributed by atoms with Crippen molar-refractivity contribution in [3.63, 3.8) is 0 Å². The number of aromatic nitrogens is 2. The Bertz CT molecular complexity index is 452. The molecule has 0 aromatic carbocycles. The average molecular weight is 308 g/mol. The van der Waals surface area contributed by atoms with E-state index in [1.165, 1.54) is 44.9 Å². The normalized spacial score (nSPS) is 11.0. The molecule has 0 aliphatic heterocycles. The first kappa shape index (κ1) is 18.7. The van der Waals surface area contributed by atoms with Crippen LogP contribution in [-0.4, -0.2) is 10.5 Å². The molecule has 4 heteroatoms. The van der Waals surface area contributed by atoms with Gasteiger partial charge in [0.25, 0.3) is 5.82 Å². The lowest BCUT2D eigenvalue weighted by molar-refractivity contribution is -0.697. The third-order valence-corrected chi connectivity index (χ3v) is 4.28. The SMILES string of the molecule is CCCCCCCCCCc1n(CC)c(C)c[n+]1CC(=O)[O-]. The van der Waals surface area contributed by atoms with E-state index < -0.39 is 5.97 Å². The van der Waals surface area contributed by atoms with Gasteiger partial charge in [-0.1, -0.05) is 51.9 Å². The first-order chi connectivity index (χ1) is 10.6. The van der Waals surface area contributed by atoms with Crippen LogP contribution >= 0.6 is 0 Å². The summed E-state index contributed by atoms with van der Waals surface area (Å²) < 4.78 is 4.06. The van der Waals surface area contributed by atoms with Gasteiger partial charge in [0.2, 0.25) is 0 Å². The van der Waals surface area contributed by atoms with E-state index in [0.29, 0.717) is 0 Å². The van der Waals surface area contributed by atoms with Gasteiger partial charge in [0.1, 0.15) is 18.4 Å². The molecule has 22 heavy (non-hydrogen) atoms. The summed E-state index contributed by atoms with van der Waals surface area (Å²) in [6, 6.07) is 0. The van der Waals surface area contributed by atoms with Crippen LogP contribution in [0, 0.1) is 6.92 Å². The second-order valence-electron chi connectivity index (χ2n) is 6.16. The molecule has 1 aromatic rings. The number of aliphatic carboxylic acids is 1. The van der Waals surface area contributed by atoms with E-state index >= 15 is 0 Å². The first-order valence-corrected chi connectivity index (χ1v) is 8.88. The lowest BCUT2D eigenvalue weighted by atomic mass is 10.1. The maximum Gasteiger partial charge on any atom is 0.256 e. The third-order valence-electron chi connectivity index (χ3n) is 4.28. The van der Waals surface area contributed by atoms with Crippen LogP contribution < -0.4 is 9.67 Å². The molecule has 0 saturated carbocycles. The van der Waals surface area contributed by atoms with Gasteiger partial charge >= 0.3 is 0 Å². The Morgan fingerprint density at radius 1 is 1.09 bits per heavy atom. The van der Waals surface area contributed by atoms with Crippen molar-refractivity contribution in [2.45, 2.75) is 91.6 Å². The minimum Gasteiger partial charge on any atom is -0.546 e. The van der Waals surface area contributed by atoms with Gasteiger partial charge in [-0.2, -0.15) is 0 Å². The molecule has 0 N–H and O–H groups in total. The van der Waals surface area contributed by atoms with Gasteiger partial charge in [-0.25, -0.2) is 9.13 Å². The molecule has 0 spiro atoms. The highest BCUT2D eigenvalue weighted by atomic mass is 16.4. The number of carbonyl (C=O) groups is 1. The molecule has 0 radical (unpaired) electrons. The van der Waals surface area contributed by atoms with Crippen LogP contribution in [0.4, 0.5) is 0 Å². The fourth-order valence-electron chi connectivity index (χ4n) is 3.13. The number of hydrogen-bond donors (Lipinski definition) is 0. The molecule has 1 heterocycles. The molecular weight excluding hydrogens is 276 g/mol. The van der Waals surface area contributed by atoms with E-state index in [-0.39, 0.29) is 6.54 Å². The second-order valence-corrected chi connectivity index (χ2v) is 6.16. The Hall–Kier alpha value is -1.32. The third kappa shape index (κ3) is 6.20. The van der Waals surface area contributed by atoms with Gasteiger partial charge in [-0.15, -0.1) is 0 Å². The van der Waals surface area contributed by atoms with Gasteiger partial charge in [-0.05, 0) is 13.3 Å². The molecule has 0 bridgehead atoms. The molecule has 0 unspecified atom stereocenters. The topological polar surface area (TPSA) is 48.9 Å². The van der Waals surface area contributed by atoms with Crippen LogP contribution in [0.5, 0.6) is 0 Å². The number of carboxylic acid groups (broad SMARTS) is 1. The van der Waals surface area contributed by atoms with E-state index in [4.69, 9.17) is 0 Å². The Morgan fingerprint density at radius 3 is 2.23 bits per heavy atom. The number of unbranched alkanes of at least 4 members (excludes halogenated alkanes) is 7. The number of imidazole rings is 1. The average Bonchev–Trinajstić information content (AvgIpc) is 2.76. The van der Waals surface area contributed by atoms with Crippen molar-refractivity contribution in [3.05, 3.63) is 17.7 Å². The van der Waals surface area contributed by atoms with E-state index in [9.17, 15) is 9.90 Å². The van der Waals surface area contributed by atoms with Crippen LogP contribution in [0.15, 0.2) is 6.20 Å². The summed E-state index contributed by atoms with van der Waals surface area (Å²) >= 11 is 0. The molecule has 0 fully saturated rings. The number of rotatable bonds is 12. The maximum absolute atomic E-state index is 10.9. The Labute approximate surface area is 135 Å². The molecule has 1 aromatic heterocycles. The summed E-state index contributed by atoms with van der Waals surface area (Å²) in [5, 5.41) is 10.9. The fourth-order valence-corrected chi connectivity index (χ4v) is 3.13. The minimum absolute atomic E-state index is 0.0415. The van der Waals surface area contributed by atoms with Gasteiger partial charge in [0, 0.05) is 13.3 Å². The van der Waals surface area contributed by atoms with Crippen molar-refractivity contribution >= 4 is 5.97 Å². The largest absolute Gasteiger partial charge is 0.546 e. The summed E-state index contributed by atoms with van der Waals surface area (Å²) in [5.74, 6) is 0.102. The molecule has 126 valence electrons. The summed E-state index contributed by atoms with van der Waals surface area (Å²) in [5.41, 5.74) is 1.12. The van der Waals surface area contributed by atoms with Gasteiger partial charge in [0.05, 0.1) is 12.5 Å². The second kappa shape index (κ2) is 10.4. The summed E-state index contributed by atoms with van der Waals surface area (Å²) in [4.78, 5) is 10.9. The lowest BCUT2D eigenvalue weighted by Gasteiger charge is -2.05. The number of nitrogens with zero attached hydrogens (tertiary/aromatic N) is 2. The standard InChI is InChI=1S/C18H32N2O2/c1-4-6-7-8-9-10-11-12-13-17-19(15-18(21)22)14-16(3)20(17)5-2/h14H,4-13,15H2,1-3H3. The zero-order valence-electron chi connectivity index (χ0n) is 14.6. The number of aryl methyl sites for hydroxylation is 1. The fraction of sp³-hybridized carbons (Fsp3) is 0.778. The van der Waals surface area contributed by atoms with Crippen LogP contribution in [-0.2, 0) is 24.3 Å². The molecular formula is C18H32N2O2. The van der Waals surface area contributed by atoms with Crippen LogP contribution in [0.3, 0.4) is 0 Å². The smallest absolute Gasteiger partial charge is 0.256 e. The van der Waals surface area contributed by atoms with Crippen molar-refractivity contribution in [1.82, 2.24) is 4.57 Å². The molecule has 0 atom stereocenters. The molecule has 4 nitrogen and oxygen atoms in total. The van der Waals surface area contributed by atoms with E-state index in [0.717, 1.165) is 30.9 Å². The number of hydrogen-bond acceptors (Lipinski definition) is 2. The zero-order valence-corrected chi connectivity index (χ0v) is 14.6. The minimum atomic E-state index is -1.02. The van der Waals surface area contributed by atoms with Gasteiger partial charge in [0.15, 0.2) is 0 Å². The Kier molecular flexibility index (Phi) is 8.86. The van der Waals surface area contributed by atoms with E-state index in [2.05, 4.69) is 18.4 Å². The monoisotopic (exact) mass is 308 g/mol. The maximum atomic E-state index is 10.9. The lowest BCUT2D eigenvalue weighted by Crippen LogP contribution is -2.45. The van der Waals surface area contributed by atoms with Crippen molar-refractivity contribution in [1.29, 1.82) is 0 Å². The van der Waals surface area contributed by atoms with Crippen molar-refractivity contribution in [2.24, 2.45) is 0 Å². The van der Waals surface area contributed by atoms with E-state index in [1.54, 1.807) is 0 Å². The Balaban J connectivity index is 2.42. The summed E-state index contributed by atoms with van der Waals surface area (Å²) in [6.07, 6.45) is 13.2. The predicted octanol–water partition coefficient (Wildman–Crippen LogP) is 2.54. The molecule has 1 rings (SSSR count). The quantitative estimate of drug-likeness (QED) is 0.440. The van der Waals surface area contributed by atoms with Crippen molar-refractivity contribution in [3.8, 4) is 0 Å². The number of carboxylic acids is 1. The highest BCUT2D eigenvalue weighted by Gasteiger charge is 2.19. The van der Waals surface area contributed by atoms with E-state index in [1.807, 2.05) is 17.7 Å². The first-order valence-electron chi connectivity index (χ1n) is 8.88. The van der Waals surface area contributed by atoms with Crippen molar-refractivity contribution in [2.75, 3.05) is 0 Å². The highest BCUT2D eigenvalue weighted by Crippen LogP contribution is 2.11. The molecule has 0 saturated heterocycles. The summed E-state index contributed by atoms with van der Waals surface area (Å²) in [7, 11) is 0. The van der Waals surface area contributed by atoms with Crippen LogP contribution in [0.25, 0.3) is 0 Å².